The van der Waals surface area contributed by atoms with Crippen molar-refractivity contribution in [3.8, 4) is 5.75 Å². The molecule has 0 saturated heterocycles. The summed E-state index contributed by atoms with van der Waals surface area (Å²) in [6.45, 7) is 9.66. The molecule has 3 aliphatic heterocycles. The minimum atomic E-state index is -0.550. The van der Waals surface area contributed by atoms with Gasteiger partial charge in [-0.05, 0) is 57.2 Å². The number of nitrogens with one attached hydrogen (secondary N) is 1. The van der Waals surface area contributed by atoms with E-state index in [1.54, 1.807) is 4.90 Å². The number of rotatable bonds is 2. The van der Waals surface area contributed by atoms with E-state index in [4.69, 9.17) is 4.74 Å². The van der Waals surface area contributed by atoms with Gasteiger partial charge in [0.25, 0.3) is 11.8 Å². The van der Waals surface area contributed by atoms with Crippen LogP contribution in [0.3, 0.4) is 0 Å². The zero-order chi connectivity index (χ0) is 21.1. The molecule has 1 aromatic carbocycles. The van der Waals surface area contributed by atoms with Gasteiger partial charge in [-0.2, -0.15) is 4.99 Å². The number of amides is 3. The second-order valence-electron chi connectivity index (χ2n) is 7.63. The Morgan fingerprint density at radius 1 is 1.28 bits per heavy atom. The van der Waals surface area contributed by atoms with E-state index in [-0.39, 0.29) is 21.9 Å². The Morgan fingerprint density at radius 2 is 1.97 bits per heavy atom. The Bertz CT molecular complexity index is 1080. The minimum Gasteiger partial charge on any atom is -0.494 e. The third-order valence-corrected chi connectivity index (χ3v) is 5.95. The number of amidine groups is 1. The molecule has 150 valence electrons. The van der Waals surface area contributed by atoms with Gasteiger partial charge in [0.05, 0.1) is 28.3 Å². The number of hydrogen-bond donors (Lipinski definition) is 1. The van der Waals surface area contributed by atoms with Crippen molar-refractivity contribution >= 4 is 51.5 Å². The maximum absolute atomic E-state index is 13.5. The van der Waals surface area contributed by atoms with Crippen LogP contribution in [0.1, 0.15) is 45.7 Å². The Hall–Kier alpha value is -2.87. The van der Waals surface area contributed by atoms with Crippen LogP contribution in [-0.2, 0) is 14.4 Å². The average molecular weight is 411 g/mol. The number of carbonyl (C=O) groups is 3. The second kappa shape index (κ2) is 6.59. The molecule has 1 aromatic rings. The maximum atomic E-state index is 13.5. The summed E-state index contributed by atoms with van der Waals surface area (Å²) in [5.74, 6) is -0.464. The lowest BCUT2D eigenvalue weighted by Gasteiger charge is -2.38. The predicted octanol–water partition coefficient (Wildman–Crippen LogP) is 3.10. The number of allylic oxidation sites excluding steroid dienone is 1. The number of anilines is 1. The highest BCUT2D eigenvalue weighted by Gasteiger charge is 2.47. The molecule has 3 heterocycles. The van der Waals surface area contributed by atoms with Gasteiger partial charge in [0, 0.05) is 18.1 Å². The van der Waals surface area contributed by atoms with E-state index in [0.717, 1.165) is 28.6 Å². The average Bonchev–Trinajstić information content (AvgIpc) is 3.09. The Labute approximate surface area is 172 Å². The molecule has 4 rings (SSSR count). The lowest BCUT2D eigenvalue weighted by Crippen LogP contribution is -2.46. The third-order valence-electron chi connectivity index (χ3n) is 4.98. The van der Waals surface area contributed by atoms with Gasteiger partial charge in [-0.1, -0.05) is 6.08 Å². The number of nitrogens with zero attached hydrogens (tertiary/aromatic N) is 2. The van der Waals surface area contributed by atoms with Crippen LogP contribution < -0.4 is 15.0 Å². The highest BCUT2D eigenvalue weighted by atomic mass is 32.2. The van der Waals surface area contributed by atoms with E-state index in [9.17, 15) is 14.4 Å². The van der Waals surface area contributed by atoms with Crippen LogP contribution in [0.4, 0.5) is 5.69 Å². The van der Waals surface area contributed by atoms with E-state index >= 15 is 0 Å². The molecule has 0 fully saturated rings. The normalized spacial score (nSPS) is 21.8. The molecule has 3 aliphatic rings. The highest BCUT2D eigenvalue weighted by Crippen LogP contribution is 2.52. The van der Waals surface area contributed by atoms with Crippen molar-refractivity contribution in [1.82, 2.24) is 5.32 Å². The van der Waals surface area contributed by atoms with E-state index in [0.29, 0.717) is 23.5 Å². The fraction of sp³-hybridized carbons (Fsp3) is 0.333. The lowest BCUT2D eigenvalue weighted by atomic mass is 9.89. The van der Waals surface area contributed by atoms with Gasteiger partial charge >= 0.3 is 0 Å². The van der Waals surface area contributed by atoms with Gasteiger partial charge in [0.15, 0.2) is 5.17 Å². The number of ether oxygens (including phenoxy) is 1. The number of thioether (sulfide) groups is 1. The lowest BCUT2D eigenvalue weighted by molar-refractivity contribution is -0.117. The molecule has 1 N–H and O–H groups in total. The molecular formula is C21H21N3O4S. The number of benzene rings is 1. The van der Waals surface area contributed by atoms with Gasteiger partial charge in [0.2, 0.25) is 5.91 Å². The molecule has 0 aliphatic carbocycles. The van der Waals surface area contributed by atoms with Crippen molar-refractivity contribution in [3.63, 3.8) is 0 Å². The first-order chi connectivity index (χ1) is 13.6. The summed E-state index contributed by atoms with van der Waals surface area (Å²) in [5, 5.41) is 2.71. The zero-order valence-electron chi connectivity index (χ0n) is 16.9. The van der Waals surface area contributed by atoms with Crippen LogP contribution in [0.5, 0.6) is 5.75 Å². The summed E-state index contributed by atoms with van der Waals surface area (Å²) in [5.41, 5.74) is 3.15. The van der Waals surface area contributed by atoms with Gasteiger partial charge in [-0.3, -0.25) is 19.3 Å². The predicted molar refractivity (Wildman–Crippen MR) is 114 cm³/mol. The van der Waals surface area contributed by atoms with Crippen LogP contribution in [0.2, 0.25) is 0 Å². The topological polar surface area (TPSA) is 88.1 Å². The minimum absolute atomic E-state index is 0.183. The first-order valence-corrected chi connectivity index (χ1v) is 10.1. The molecule has 7 nitrogen and oxygen atoms in total. The first kappa shape index (κ1) is 19.4. The van der Waals surface area contributed by atoms with Gasteiger partial charge in [0.1, 0.15) is 5.75 Å². The second-order valence-corrected chi connectivity index (χ2v) is 8.63. The summed E-state index contributed by atoms with van der Waals surface area (Å²) in [6, 6.07) is 3.74. The van der Waals surface area contributed by atoms with Crippen LogP contribution >= 0.6 is 11.8 Å². The Kier molecular flexibility index (Phi) is 4.42. The van der Waals surface area contributed by atoms with E-state index in [2.05, 4.69) is 10.3 Å². The van der Waals surface area contributed by atoms with Crippen LogP contribution in [0.15, 0.2) is 28.1 Å². The van der Waals surface area contributed by atoms with Crippen molar-refractivity contribution in [3.05, 3.63) is 34.2 Å². The van der Waals surface area contributed by atoms with E-state index in [1.807, 2.05) is 45.9 Å². The first-order valence-electron chi connectivity index (χ1n) is 9.32. The molecule has 3 amide bonds. The molecule has 0 atom stereocenters. The van der Waals surface area contributed by atoms with Crippen LogP contribution in [0.25, 0.3) is 11.1 Å². The highest BCUT2D eigenvalue weighted by molar-refractivity contribution is 8.18. The molecule has 0 radical (unpaired) electrons. The molecular weight excluding hydrogens is 390 g/mol. The van der Waals surface area contributed by atoms with E-state index < -0.39 is 11.4 Å². The standard InChI is InChI=1S/C21H21N3O4S/c1-6-28-12-7-13-10(2)9-21(4,5)24-16(13)14(8-12)15(19(24)27)17-18(26)23-20(29-17)22-11(3)25/h7-9H,6H2,1-5H3,(H,22,23,25,26). The fourth-order valence-corrected chi connectivity index (χ4v) is 4.98. The van der Waals surface area contributed by atoms with Crippen molar-refractivity contribution in [2.45, 2.75) is 40.2 Å². The Morgan fingerprint density at radius 3 is 2.62 bits per heavy atom. The number of aliphatic imine (C=N–C) groups is 1. The summed E-state index contributed by atoms with van der Waals surface area (Å²) in [7, 11) is 0. The molecule has 0 saturated carbocycles. The largest absolute Gasteiger partial charge is 0.494 e. The molecule has 0 spiro atoms. The fourth-order valence-electron chi connectivity index (χ4n) is 4.03. The quantitative estimate of drug-likeness (QED) is 0.756. The molecule has 0 aromatic heterocycles. The van der Waals surface area contributed by atoms with E-state index in [1.165, 1.54) is 6.92 Å². The van der Waals surface area contributed by atoms with Gasteiger partial charge in [-0.25, -0.2) is 0 Å². The third kappa shape index (κ3) is 2.98. The van der Waals surface area contributed by atoms with Crippen molar-refractivity contribution < 1.29 is 19.1 Å². The van der Waals surface area contributed by atoms with Crippen LogP contribution in [-0.4, -0.2) is 35.0 Å². The number of hydrogen-bond acceptors (Lipinski definition) is 5. The maximum Gasteiger partial charge on any atom is 0.287 e. The molecule has 8 heteroatoms. The molecule has 0 bridgehead atoms. The smallest absolute Gasteiger partial charge is 0.287 e. The summed E-state index contributed by atoms with van der Waals surface area (Å²) >= 11 is 1.01. The number of carbonyl (C=O) groups excluding carboxylic acids is 3. The van der Waals surface area contributed by atoms with Crippen molar-refractivity contribution in [2.24, 2.45) is 4.99 Å². The molecule has 0 unspecified atom stereocenters. The summed E-state index contributed by atoms with van der Waals surface area (Å²) in [4.78, 5) is 43.3. The Balaban J connectivity index is 1.94. The summed E-state index contributed by atoms with van der Waals surface area (Å²) < 4.78 is 5.72. The van der Waals surface area contributed by atoms with Gasteiger partial charge < -0.3 is 10.1 Å². The van der Waals surface area contributed by atoms with Gasteiger partial charge in [-0.15, -0.1) is 0 Å². The zero-order valence-corrected chi connectivity index (χ0v) is 17.7. The van der Waals surface area contributed by atoms with Crippen molar-refractivity contribution in [2.75, 3.05) is 11.5 Å². The monoisotopic (exact) mass is 411 g/mol. The summed E-state index contributed by atoms with van der Waals surface area (Å²) in [6.07, 6.45) is 2.04. The van der Waals surface area contributed by atoms with Crippen LogP contribution in [0, 0.1) is 0 Å². The SMILES string of the molecule is CCOc1cc2c3c(c1)C(=C1SC(NC(C)=O)=NC1=O)C(=O)N3C(C)(C)C=C2C. The van der Waals surface area contributed by atoms with Crippen molar-refractivity contribution in [1.29, 1.82) is 0 Å². The molecule has 29 heavy (non-hydrogen) atoms.